The molecular formula is C24H18F6N6O3. The van der Waals surface area contributed by atoms with Gasteiger partial charge in [0, 0.05) is 5.39 Å². The van der Waals surface area contributed by atoms with Crippen LogP contribution in [0, 0.1) is 6.92 Å². The number of halogens is 6. The van der Waals surface area contributed by atoms with Crippen molar-refractivity contribution in [2.75, 3.05) is 14.2 Å². The number of aromatic nitrogens is 4. The van der Waals surface area contributed by atoms with Crippen LogP contribution in [0.15, 0.2) is 47.6 Å². The first-order chi connectivity index (χ1) is 18.3. The summed E-state index contributed by atoms with van der Waals surface area (Å²) in [4.78, 5) is 15.9. The molecule has 0 aliphatic heterocycles. The molecule has 39 heavy (non-hydrogen) atoms. The molecule has 0 atom stereocenters. The molecule has 4 rings (SSSR count). The average molecular weight is 552 g/mol. The van der Waals surface area contributed by atoms with Crippen molar-refractivity contribution in [3.05, 3.63) is 70.7 Å². The van der Waals surface area contributed by atoms with Crippen molar-refractivity contribution in [3.8, 4) is 17.2 Å². The molecule has 0 saturated carbocycles. The molecule has 0 unspecified atom stereocenters. The number of nitrogens with zero attached hydrogens (tertiary/aromatic N) is 5. The smallest absolute Gasteiger partial charge is 0.433 e. The van der Waals surface area contributed by atoms with Gasteiger partial charge in [-0.1, -0.05) is 17.3 Å². The van der Waals surface area contributed by atoms with Crippen LogP contribution >= 0.6 is 0 Å². The summed E-state index contributed by atoms with van der Waals surface area (Å²) >= 11 is 0. The zero-order chi connectivity index (χ0) is 28.5. The summed E-state index contributed by atoms with van der Waals surface area (Å²) in [5.74, 6) is 0.0366. The number of pyridine rings is 1. The van der Waals surface area contributed by atoms with Crippen molar-refractivity contribution in [3.63, 3.8) is 0 Å². The van der Waals surface area contributed by atoms with E-state index in [1.54, 1.807) is 18.2 Å². The number of hydrazone groups is 1. The van der Waals surface area contributed by atoms with Gasteiger partial charge in [-0.15, -0.1) is 5.10 Å². The van der Waals surface area contributed by atoms with Crippen LogP contribution in [-0.2, 0) is 12.4 Å². The zero-order valence-corrected chi connectivity index (χ0v) is 20.3. The van der Waals surface area contributed by atoms with Crippen molar-refractivity contribution in [2.45, 2.75) is 19.3 Å². The summed E-state index contributed by atoms with van der Waals surface area (Å²) in [7, 11) is 2.91. The van der Waals surface area contributed by atoms with Crippen LogP contribution in [0.5, 0.6) is 11.5 Å². The Labute approximate surface area is 216 Å². The third-order valence-electron chi connectivity index (χ3n) is 5.54. The van der Waals surface area contributed by atoms with Gasteiger partial charge in [0.15, 0.2) is 17.2 Å². The number of rotatable bonds is 6. The molecule has 0 radical (unpaired) electrons. The number of nitrogens with one attached hydrogen (secondary N) is 1. The molecule has 204 valence electrons. The molecule has 15 heteroatoms. The Morgan fingerprint density at radius 2 is 1.72 bits per heavy atom. The van der Waals surface area contributed by atoms with Gasteiger partial charge >= 0.3 is 12.4 Å². The fourth-order valence-electron chi connectivity index (χ4n) is 3.70. The predicted octanol–water partition coefficient (Wildman–Crippen LogP) is 4.94. The highest BCUT2D eigenvalue weighted by Gasteiger charge is 2.38. The number of carbonyl (C=O) groups is 1. The summed E-state index contributed by atoms with van der Waals surface area (Å²) in [5.41, 5.74) is -1.84. The minimum Gasteiger partial charge on any atom is -0.493 e. The molecule has 2 aromatic carbocycles. The van der Waals surface area contributed by atoms with Crippen LogP contribution in [0.25, 0.3) is 16.6 Å². The number of carbonyl (C=O) groups excluding carboxylic acids is 1. The molecule has 0 bridgehead atoms. The Morgan fingerprint density at radius 3 is 2.36 bits per heavy atom. The lowest BCUT2D eigenvalue weighted by Gasteiger charge is -2.15. The highest BCUT2D eigenvalue weighted by Crippen LogP contribution is 2.38. The fraction of sp³-hybridized carbons (Fsp3) is 0.208. The predicted molar refractivity (Wildman–Crippen MR) is 126 cm³/mol. The van der Waals surface area contributed by atoms with E-state index in [-0.39, 0.29) is 16.8 Å². The Kier molecular flexibility index (Phi) is 7.17. The van der Waals surface area contributed by atoms with Gasteiger partial charge in [0.25, 0.3) is 5.91 Å². The van der Waals surface area contributed by atoms with Crippen molar-refractivity contribution in [1.82, 2.24) is 25.4 Å². The van der Waals surface area contributed by atoms with E-state index in [9.17, 15) is 31.1 Å². The van der Waals surface area contributed by atoms with E-state index in [2.05, 4.69) is 25.8 Å². The normalized spacial score (nSPS) is 12.2. The van der Waals surface area contributed by atoms with E-state index in [4.69, 9.17) is 9.47 Å². The molecule has 2 heterocycles. The molecule has 1 amide bonds. The van der Waals surface area contributed by atoms with Crippen LogP contribution in [0.3, 0.4) is 0 Å². The number of hydrogen-bond acceptors (Lipinski definition) is 7. The maximum atomic E-state index is 13.6. The van der Waals surface area contributed by atoms with Gasteiger partial charge in [0.2, 0.25) is 0 Å². The largest absolute Gasteiger partial charge is 0.493 e. The van der Waals surface area contributed by atoms with Crippen molar-refractivity contribution < 1.29 is 40.6 Å². The van der Waals surface area contributed by atoms with Gasteiger partial charge in [-0.2, -0.15) is 31.4 Å². The van der Waals surface area contributed by atoms with Gasteiger partial charge in [-0.3, -0.25) is 4.79 Å². The van der Waals surface area contributed by atoms with Crippen molar-refractivity contribution >= 4 is 23.0 Å². The summed E-state index contributed by atoms with van der Waals surface area (Å²) < 4.78 is 92.5. The first kappa shape index (κ1) is 27.3. The maximum Gasteiger partial charge on any atom is 0.433 e. The van der Waals surface area contributed by atoms with E-state index in [1.165, 1.54) is 33.4 Å². The number of fused-ring (bicyclic) bond motifs is 1. The third kappa shape index (κ3) is 5.46. The standard InChI is InChI=1S/C24H18F6N6O3/c1-12-20(22(37)34-31-11-13-7-8-17(38-2)18(9-13)39-3)33-35-36(12)16-10-19(24(28,29)30)32-21-14(16)5-4-6-15(21)23(25,26)27/h4-11H,1-3H3,(H,34,37). The molecule has 0 aliphatic carbocycles. The van der Waals surface area contributed by atoms with Crippen LogP contribution in [0.1, 0.15) is 33.0 Å². The Hall–Kier alpha value is -4.69. The first-order valence-electron chi connectivity index (χ1n) is 10.9. The number of alkyl halides is 6. The summed E-state index contributed by atoms with van der Waals surface area (Å²) in [5, 5.41) is 11.0. The van der Waals surface area contributed by atoms with E-state index in [1.807, 2.05) is 0 Å². The molecule has 0 saturated heterocycles. The molecule has 4 aromatic rings. The molecule has 0 aliphatic rings. The quantitative estimate of drug-likeness (QED) is 0.207. The summed E-state index contributed by atoms with van der Waals surface area (Å²) in [6.45, 7) is 1.32. The topological polar surface area (TPSA) is 104 Å². The first-order valence-corrected chi connectivity index (χ1v) is 10.9. The average Bonchev–Trinajstić information content (AvgIpc) is 3.27. The van der Waals surface area contributed by atoms with Gasteiger partial charge in [0.1, 0.15) is 5.69 Å². The second-order valence-corrected chi connectivity index (χ2v) is 7.97. The SMILES string of the molecule is COc1ccc(C=NNC(=O)c2nnn(-c3cc(C(F)(F)F)nc4c(C(F)(F)F)cccc34)c2C)cc1OC. The monoisotopic (exact) mass is 552 g/mol. The molecular weight excluding hydrogens is 534 g/mol. The van der Waals surface area contributed by atoms with Crippen LogP contribution in [0.2, 0.25) is 0 Å². The van der Waals surface area contributed by atoms with Crippen LogP contribution in [-0.4, -0.2) is 46.3 Å². The fourth-order valence-corrected chi connectivity index (χ4v) is 3.70. The van der Waals surface area contributed by atoms with Crippen molar-refractivity contribution in [1.29, 1.82) is 0 Å². The van der Waals surface area contributed by atoms with Crippen LogP contribution in [0.4, 0.5) is 26.3 Å². The highest BCUT2D eigenvalue weighted by atomic mass is 19.4. The minimum absolute atomic E-state index is 0.0492. The number of benzene rings is 2. The zero-order valence-electron chi connectivity index (χ0n) is 20.3. The summed E-state index contributed by atoms with van der Waals surface area (Å²) in [6, 6.07) is 8.23. The molecule has 0 spiro atoms. The van der Waals surface area contributed by atoms with E-state index in [0.717, 1.165) is 10.7 Å². The van der Waals surface area contributed by atoms with Gasteiger partial charge < -0.3 is 9.47 Å². The molecule has 1 N–H and O–H groups in total. The second kappa shape index (κ2) is 10.2. The maximum absolute atomic E-state index is 13.6. The number of para-hydroxylation sites is 1. The number of ether oxygens (including phenoxy) is 2. The molecule has 0 fully saturated rings. The van der Waals surface area contributed by atoms with Crippen molar-refractivity contribution in [2.24, 2.45) is 5.10 Å². The Morgan fingerprint density at radius 1 is 1.00 bits per heavy atom. The van der Waals surface area contributed by atoms with E-state index >= 15 is 0 Å². The van der Waals surface area contributed by atoms with E-state index in [0.29, 0.717) is 29.2 Å². The number of methoxy groups -OCH3 is 2. The Balaban J connectivity index is 1.70. The number of amides is 1. The molecule has 2 aromatic heterocycles. The lowest BCUT2D eigenvalue weighted by Crippen LogP contribution is -2.19. The highest BCUT2D eigenvalue weighted by molar-refractivity contribution is 5.95. The summed E-state index contributed by atoms with van der Waals surface area (Å²) in [6.07, 6.45) is -8.73. The van der Waals surface area contributed by atoms with Crippen LogP contribution < -0.4 is 14.9 Å². The lowest BCUT2D eigenvalue weighted by atomic mass is 10.1. The van der Waals surface area contributed by atoms with E-state index < -0.39 is 40.7 Å². The van der Waals surface area contributed by atoms with Gasteiger partial charge in [0.05, 0.1) is 42.9 Å². The molecule has 9 nitrogen and oxygen atoms in total. The Bertz CT molecular complexity index is 1580. The number of hydrogen-bond donors (Lipinski definition) is 1. The minimum atomic E-state index is -5.06. The van der Waals surface area contributed by atoms with Gasteiger partial charge in [-0.25, -0.2) is 15.1 Å². The third-order valence-corrected chi connectivity index (χ3v) is 5.54. The van der Waals surface area contributed by atoms with Gasteiger partial charge in [-0.05, 0) is 42.8 Å². The second-order valence-electron chi connectivity index (χ2n) is 7.97. The lowest BCUT2D eigenvalue weighted by molar-refractivity contribution is -0.142.